The number of aromatic nitrogens is 4. The van der Waals surface area contributed by atoms with E-state index >= 15 is 0 Å². The van der Waals surface area contributed by atoms with Crippen molar-refractivity contribution in [1.82, 2.24) is 19.3 Å². The molecule has 0 fully saturated rings. The molecular formula is C15H11N5O2S. The molecule has 4 aromatic rings. The molecule has 0 radical (unpaired) electrons. The van der Waals surface area contributed by atoms with E-state index in [4.69, 9.17) is 5.84 Å². The highest BCUT2D eigenvalue weighted by Gasteiger charge is 2.14. The third kappa shape index (κ3) is 2.11. The van der Waals surface area contributed by atoms with Crippen LogP contribution in [0.3, 0.4) is 0 Å². The third-order valence-electron chi connectivity index (χ3n) is 3.56. The quantitative estimate of drug-likeness (QED) is 0.434. The van der Waals surface area contributed by atoms with Gasteiger partial charge >= 0.3 is 0 Å². The Balaban J connectivity index is 2.06. The first-order valence-electron chi connectivity index (χ1n) is 6.86. The second-order valence-electron chi connectivity index (χ2n) is 5.02. The average Bonchev–Trinajstić information content (AvgIpc) is 3.07. The Labute approximate surface area is 133 Å². The van der Waals surface area contributed by atoms with Crippen LogP contribution in [0, 0.1) is 0 Å². The Morgan fingerprint density at radius 2 is 1.91 bits per heavy atom. The van der Waals surface area contributed by atoms with Gasteiger partial charge in [0.2, 0.25) is 0 Å². The zero-order chi connectivity index (χ0) is 16.0. The summed E-state index contributed by atoms with van der Waals surface area (Å²) in [4.78, 5) is 30.2. The minimum atomic E-state index is -0.458. The summed E-state index contributed by atoms with van der Waals surface area (Å²) in [7, 11) is 0. The van der Waals surface area contributed by atoms with E-state index < -0.39 is 5.56 Å². The zero-order valence-corrected chi connectivity index (χ0v) is 12.7. The van der Waals surface area contributed by atoms with Crippen molar-refractivity contribution < 1.29 is 0 Å². The Morgan fingerprint density at radius 1 is 1.09 bits per heavy atom. The highest BCUT2D eigenvalue weighted by Crippen LogP contribution is 2.12. The first-order chi connectivity index (χ1) is 11.1. The standard InChI is InChI=1S/C15H11N5O2S/c16-19-14(22)12(8-9-4-3-7-23-9)18-20-13(21)10-5-1-2-6-11(10)17-15(19)20/h1-7H,8,16H2. The molecule has 0 atom stereocenters. The maximum Gasteiger partial charge on any atom is 0.295 e. The van der Waals surface area contributed by atoms with Gasteiger partial charge in [-0.1, -0.05) is 18.2 Å². The van der Waals surface area contributed by atoms with Crippen molar-refractivity contribution in [2.45, 2.75) is 6.42 Å². The molecule has 0 aliphatic carbocycles. The van der Waals surface area contributed by atoms with Crippen molar-refractivity contribution in [2.24, 2.45) is 0 Å². The van der Waals surface area contributed by atoms with Crippen LogP contribution in [-0.2, 0) is 6.42 Å². The summed E-state index contributed by atoms with van der Waals surface area (Å²) < 4.78 is 1.97. The lowest BCUT2D eigenvalue weighted by molar-refractivity contribution is 0.739. The number of thiophene rings is 1. The lowest BCUT2D eigenvalue weighted by Crippen LogP contribution is -2.37. The third-order valence-corrected chi connectivity index (χ3v) is 4.44. The molecule has 0 saturated heterocycles. The molecule has 0 bridgehead atoms. The van der Waals surface area contributed by atoms with Crippen LogP contribution in [0.1, 0.15) is 10.6 Å². The second-order valence-corrected chi connectivity index (χ2v) is 6.06. The van der Waals surface area contributed by atoms with E-state index in [-0.39, 0.29) is 17.0 Å². The van der Waals surface area contributed by atoms with Gasteiger partial charge in [-0.2, -0.15) is 14.3 Å². The summed E-state index contributed by atoms with van der Waals surface area (Å²) in [5.41, 5.74) is -0.122. The maximum atomic E-state index is 12.6. The number of benzene rings is 1. The number of para-hydroxylation sites is 1. The van der Waals surface area contributed by atoms with Gasteiger partial charge in [-0.05, 0) is 23.6 Å². The molecule has 3 heterocycles. The minimum Gasteiger partial charge on any atom is -0.333 e. The van der Waals surface area contributed by atoms with Gasteiger partial charge in [0.1, 0.15) is 5.69 Å². The zero-order valence-electron chi connectivity index (χ0n) is 11.8. The molecule has 0 spiro atoms. The van der Waals surface area contributed by atoms with E-state index in [2.05, 4.69) is 10.1 Å². The lowest BCUT2D eigenvalue weighted by atomic mass is 10.2. The average molecular weight is 325 g/mol. The highest BCUT2D eigenvalue weighted by molar-refractivity contribution is 7.09. The molecule has 114 valence electrons. The van der Waals surface area contributed by atoms with E-state index in [1.807, 2.05) is 17.5 Å². The van der Waals surface area contributed by atoms with Crippen LogP contribution in [-0.4, -0.2) is 19.3 Å². The Morgan fingerprint density at radius 3 is 2.70 bits per heavy atom. The Bertz CT molecular complexity index is 1140. The van der Waals surface area contributed by atoms with Crippen molar-refractivity contribution in [3.8, 4) is 0 Å². The molecule has 2 N–H and O–H groups in total. The van der Waals surface area contributed by atoms with Crippen molar-refractivity contribution in [1.29, 1.82) is 0 Å². The predicted octanol–water partition coefficient (Wildman–Crippen LogP) is 0.770. The summed E-state index contributed by atoms with van der Waals surface area (Å²) in [6, 6.07) is 10.7. The molecule has 7 nitrogen and oxygen atoms in total. The van der Waals surface area contributed by atoms with Gasteiger partial charge in [-0.3, -0.25) is 9.59 Å². The molecular weight excluding hydrogens is 314 g/mol. The number of nitrogen functional groups attached to an aromatic ring is 1. The fraction of sp³-hybridized carbons (Fsp3) is 0.0667. The Kier molecular flexibility index (Phi) is 2.98. The predicted molar refractivity (Wildman–Crippen MR) is 88.3 cm³/mol. The SMILES string of the molecule is Nn1c(=O)c(Cc2cccs2)nn2c(=O)c3ccccc3nc12. The number of hydrogen-bond donors (Lipinski definition) is 1. The molecule has 0 saturated carbocycles. The number of nitrogens with zero attached hydrogens (tertiary/aromatic N) is 4. The first-order valence-corrected chi connectivity index (χ1v) is 7.74. The van der Waals surface area contributed by atoms with Crippen LogP contribution in [0.5, 0.6) is 0 Å². The van der Waals surface area contributed by atoms with Crippen LogP contribution in [0.4, 0.5) is 0 Å². The van der Waals surface area contributed by atoms with Gasteiger partial charge < -0.3 is 5.84 Å². The van der Waals surface area contributed by atoms with Crippen molar-refractivity contribution in [3.05, 3.63) is 73.1 Å². The van der Waals surface area contributed by atoms with E-state index in [0.717, 1.165) is 14.1 Å². The molecule has 1 aromatic carbocycles. The van der Waals surface area contributed by atoms with Gasteiger partial charge in [0.15, 0.2) is 0 Å². The minimum absolute atomic E-state index is 0.0219. The van der Waals surface area contributed by atoms with E-state index in [1.165, 1.54) is 11.3 Å². The van der Waals surface area contributed by atoms with Crippen LogP contribution in [0.25, 0.3) is 16.7 Å². The fourth-order valence-corrected chi connectivity index (χ4v) is 3.15. The van der Waals surface area contributed by atoms with Gasteiger partial charge in [-0.15, -0.1) is 11.3 Å². The van der Waals surface area contributed by atoms with Crippen LogP contribution >= 0.6 is 11.3 Å². The summed E-state index contributed by atoms with van der Waals surface area (Å²) >= 11 is 1.51. The number of rotatable bonds is 2. The van der Waals surface area contributed by atoms with Gasteiger partial charge in [-0.25, -0.2) is 4.98 Å². The first kappa shape index (κ1) is 13.6. The number of fused-ring (bicyclic) bond motifs is 2. The molecule has 0 amide bonds. The molecule has 3 aromatic heterocycles. The normalized spacial score (nSPS) is 11.3. The topological polar surface area (TPSA) is 95.3 Å². The van der Waals surface area contributed by atoms with Crippen LogP contribution < -0.4 is 17.0 Å². The fourth-order valence-electron chi connectivity index (χ4n) is 2.44. The van der Waals surface area contributed by atoms with Crippen molar-refractivity contribution >= 4 is 28.0 Å². The molecule has 0 aliphatic heterocycles. The molecule has 8 heteroatoms. The summed E-state index contributed by atoms with van der Waals surface area (Å²) in [5.74, 6) is 5.88. The second kappa shape index (κ2) is 5.03. The van der Waals surface area contributed by atoms with E-state index in [0.29, 0.717) is 17.3 Å². The smallest absolute Gasteiger partial charge is 0.295 e. The molecule has 23 heavy (non-hydrogen) atoms. The number of hydrogen-bond acceptors (Lipinski definition) is 6. The van der Waals surface area contributed by atoms with Crippen molar-refractivity contribution in [2.75, 3.05) is 5.84 Å². The summed E-state index contributed by atoms with van der Waals surface area (Å²) in [6.07, 6.45) is 0.322. The lowest BCUT2D eigenvalue weighted by Gasteiger charge is -2.08. The van der Waals surface area contributed by atoms with Gasteiger partial charge in [0.05, 0.1) is 10.9 Å². The van der Waals surface area contributed by atoms with Gasteiger partial charge in [0.25, 0.3) is 16.9 Å². The van der Waals surface area contributed by atoms with Crippen molar-refractivity contribution in [3.63, 3.8) is 0 Å². The van der Waals surface area contributed by atoms with Crippen LogP contribution in [0.2, 0.25) is 0 Å². The monoisotopic (exact) mass is 325 g/mol. The van der Waals surface area contributed by atoms with E-state index in [9.17, 15) is 9.59 Å². The van der Waals surface area contributed by atoms with E-state index in [1.54, 1.807) is 24.3 Å². The largest absolute Gasteiger partial charge is 0.333 e. The van der Waals surface area contributed by atoms with Crippen LogP contribution in [0.15, 0.2) is 51.4 Å². The molecule has 0 aliphatic rings. The highest BCUT2D eigenvalue weighted by atomic mass is 32.1. The van der Waals surface area contributed by atoms with Gasteiger partial charge in [0, 0.05) is 11.3 Å². The molecule has 0 unspecified atom stereocenters. The maximum absolute atomic E-state index is 12.6. The summed E-state index contributed by atoms with van der Waals surface area (Å²) in [5, 5.41) is 6.54. The molecule has 4 rings (SSSR count). The number of nitrogens with two attached hydrogens (primary N) is 1. The summed E-state index contributed by atoms with van der Waals surface area (Å²) in [6.45, 7) is 0. The Hall–Kier alpha value is -3.00.